The lowest BCUT2D eigenvalue weighted by Gasteiger charge is -2.08. The number of carbonyl (C=O) groups is 1. The number of methoxy groups -OCH3 is 1. The number of nitrogens with one attached hydrogen (secondary N) is 1. The minimum Gasteiger partial charge on any atom is -0.496 e. The largest absolute Gasteiger partial charge is 0.496 e. The number of hydrogen-bond acceptors (Lipinski definition) is 5. The second kappa shape index (κ2) is 6.80. The quantitative estimate of drug-likeness (QED) is 0.769. The zero-order chi connectivity index (χ0) is 16.2. The molecule has 3 aromatic rings. The number of carbonyl (C=O) groups excluding carboxylic acids is 1. The first-order valence-electron chi connectivity index (χ1n) is 6.74. The Balaban J connectivity index is 1.69. The van der Waals surface area contributed by atoms with Gasteiger partial charge in [0.05, 0.1) is 25.4 Å². The molecule has 6 nitrogen and oxygen atoms in total. The summed E-state index contributed by atoms with van der Waals surface area (Å²) in [6, 6.07) is 8.78. The van der Waals surface area contributed by atoms with E-state index in [9.17, 15) is 4.79 Å². The Morgan fingerprint density at radius 1 is 1.43 bits per heavy atom. The lowest BCUT2D eigenvalue weighted by atomic mass is 10.2. The summed E-state index contributed by atoms with van der Waals surface area (Å²) < 4.78 is 6.85. The van der Waals surface area contributed by atoms with Gasteiger partial charge in [0.1, 0.15) is 16.4 Å². The highest BCUT2D eigenvalue weighted by atomic mass is 35.5. The summed E-state index contributed by atoms with van der Waals surface area (Å²) in [5.74, 6) is 0.184. The van der Waals surface area contributed by atoms with Crippen molar-refractivity contribution < 1.29 is 9.53 Å². The van der Waals surface area contributed by atoms with Crippen molar-refractivity contribution in [2.45, 2.75) is 6.54 Å². The third-order valence-electron chi connectivity index (χ3n) is 3.11. The number of ether oxygens (including phenoxy) is 1. The molecule has 0 aliphatic rings. The molecule has 1 amide bonds. The van der Waals surface area contributed by atoms with Crippen LogP contribution in [0.4, 0.5) is 0 Å². The van der Waals surface area contributed by atoms with Crippen LogP contribution in [-0.2, 0) is 6.54 Å². The highest BCUT2D eigenvalue weighted by Gasteiger charge is 2.13. The average Bonchev–Trinajstić information content (AvgIpc) is 3.23. The van der Waals surface area contributed by atoms with Crippen LogP contribution in [0.1, 0.15) is 16.1 Å². The molecule has 0 aliphatic carbocycles. The van der Waals surface area contributed by atoms with Gasteiger partial charge in [-0.3, -0.25) is 4.79 Å². The van der Waals surface area contributed by atoms with Crippen LogP contribution < -0.4 is 10.1 Å². The van der Waals surface area contributed by atoms with Crippen LogP contribution in [0, 0.1) is 0 Å². The van der Waals surface area contributed by atoms with E-state index in [-0.39, 0.29) is 12.5 Å². The highest BCUT2D eigenvalue weighted by molar-refractivity contribution is 7.12. The normalized spacial score (nSPS) is 10.5. The smallest absolute Gasteiger partial charge is 0.255 e. The molecule has 23 heavy (non-hydrogen) atoms. The number of halogens is 1. The van der Waals surface area contributed by atoms with Gasteiger partial charge >= 0.3 is 0 Å². The fourth-order valence-corrected chi connectivity index (χ4v) is 2.83. The lowest BCUT2D eigenvalue weighted by molar-refractivity contribution is 0.0947. The Hall–Kier alpha value is -2.38. The van der Waals surface area contributed by atoms with Crippen LogP contribution in [0.2, 0.25) is 5.02 Å². The average molecular weight is 349 g/mol. The molecule has 0 aliphatic heterocycles. The minimum absolute atomic E-state index is 0.264. The zero-order valence-corrected chi connectivity index (χ0v) is 13.8. The first kappa shape index (κ1) is 15.5. The van der Waals surface area contributed by atoms with Crippen molar-refractivity contribution in [3.63, 3.8) is 0 Å². The van der Waals surface area contributed by atoms with E-state index in [1.165, 1.54) is 7.11 Å². The van der Waals surface area contributed by atoms with Crippen LogP contribution in [-0.4, -0.2) is 28.0 Å². The molecule has 2 heterocycles. The van der Waals surface area contributed by atoms with Crippen LogP contribution in [0.15, 0.2) is 41.9 Å². The predicted octanol–water partition coefficient (Wildman–Crippen LogP) is 2.92. The fraction of sp³-hybridized carbons (Fsp3) is 0.133. The molecule has 1 aromatic carbocycles. The summed E-state index contributed by atoms with van der Waals surface area (Å²) in [5, 5.41) is 14.3. The zero-order valence-electron chi connectivity index (χ0n) is 12.2. The topological polar surface area (TPSA) is 69.0 Å². The van der Waals surface area contributed by atoms with Crippen molar-refractivity contribution in [1.29, 1.82) is 0 Å². The van der Waals surface area contributed by atoms with Gasteiger partial charge in [0.2, 0.25) is 0 Å². The molecule has 0 spiro atoms. The molecule has 0 bridgehead atoms. The van der Waals surface area contributed by atoms with Crippen molar-refractivity contribution >= 4 is 28.8 Å². The monoisotopic (exact) mass is 348 g/mol. The van der Waals surface area contributed by atoms with Crippen molar-refractivity contribution in [3.8, 4) is 10.8 Å². The van der Waals surface area contributed by atoms with Gasteiger partial charge < -0.3 is 10.1 Å². The van der Waals surface area contributed by atoms with Crippen LogP contribution in [0.5, 0.6) is 5.75 Å². The summed E-state index contributed by atoms with van der Waals surface area (Å²) >= 11 is 7.49. The van der Waals surface area contributed by atoms with Gasteiger partial charge in [-0.25, -0.2) is 4.68 Å². The second-order valence-corrected chi connectivity index (χ2v) is 6.00. The Bertz CT molecular complexity index is 817. The third-order valence-corrected chi connectivity index (χ3v) is 4.20. The molecule has 0 unspecified atom stereocenters. The van der Waals surface area contributed by atoms with Gasteiger partial charge in [0.15, 0.2) is 0 Å². The van der Waals surface area contributed by atoms with Gasteiger partial charge in [-0.05, 0) is 35.7 Å². The Labute approximate surface area is 141 Å². The van der Waals surface area contributed by atoms with E-state index < -0.39 is 0 Å². The van der Waals surface area contributed by atoms with Gasteiger partial charge in [0, 0.05) is 5.02 Å². The predicted molar refractivity (Wildman–Crippen MR) is 88.4 cm³/mol. The number of benzene rings is 1. The fourth-order valence-electron chi connectivity index (χ4n) is 2.01. The Morgan fingerprint density at radius 3 is 3.04 bits per heavy atom. The van der Waals surface area contributed by atoms with E-state index >= 15 is 0 Å². The SMILES string of the molecule is COc1ccc(Cl)cc1C(=O)NCc1cn(-c2cccs2)nn1. The third kappa shape index (κ3) is 3.52. The molecule has 0 saturated heterocycles. The van der Waals surface area contributed by atoms with Crippen molar-refractivity contribution in [3.05, 3.63) is 58.2 Å². The number of aromatic nitrogens is 3. The summed E-state index contributed by atoms with van der Waals surface area (Å²) in [6.07, 6.45) is 1.78. The number of thiophene rings is 1. The Morgan fingerprint density at radius 2 is 2.30 bits per heavy atom. The van der Waals surface area contributed by atoms with Crippen LogP contribution >= 0.6 is 22.9 Å². The van der Waals surface area contributed by atoms with Gasteiger partial charge in [-0.1, -0.05) is 16.8 Å². The van der Waals surface area contributed by atoms with E-state index in [2.05, 4.69) is 15.6 Å². The first-order valence-corrected chi connectivity index (χ1v) is 8.00. The van der Waals surface area contributed by atoms with E-state index in [1.54, 1.807) is 40.4 Å². The number of nitrogens with zero attached hydrogens (tertiary/aromatic N) is 3. The molecular formula is C15H13ClN4O2S. The van der Waals surface area contributed by atoms with Crippen LogP contribution in [0.25, 0.3) is 5.00 Å². The maximum atomic E-state index is 12.3. The molecule has 1 N–H and O–H groups in total. The molecule has 118 valence electrons. The molecular weight excluding hydrogens is 336 g/mol. The van der Waals surface area contributed by atoms with Crippen molar-refractivity contribution in [1.82, 2.24) is 20.3 Å². The summed E-state index contributed by atoms with van der Waals surface area (Å²) in [6.45, 7) is 0.264. The van der Waals surface area contributed by atoms with E-state index in [0.717, 1.165) is 5.00 Å². The highest BCUT2D eigenvalue weighted by Crippen LogP contribution is 2.22. The maximum absolute atomic E-state index is 12.3. The van der Waals surface area contributed by atoms with Crippen molar-refractivity contribution in [2.75, 3.05) is 7.11 Å². The second-order valence-electron chi connectivity index (χ2n) is 4.63. The molecule has 8 heteroatoms. The lowest BCUT2D eigenvalue weighted by Crippen LogP contribution is -2.23. The van der Waals surface area contributed by atoms with E-state index in [1.807, 2.05) is 17.5 Å². The molecule has 3 rings (SSSR count). The van der Waals surface area contributed by atoms with Gasteiger partial charge in [0.25, 0.3) is 5.91 Å². The molecule has 0 saturated carbocycles. The summed E-state index contributed by atoms with van der Waals surface area (Å²) in [7, 11) is 1.51. The summed E-state index contributed by atoms with van der Waals surface area (Å²) in [5.41, 5.74) is 1.04. The minimum atomic E-state index is -0.282. The maximum Gasteiger partial charge on any atom is 0.255 e. The van der Waals surface area contributed by atoms with Gasteiger partial charge in [-0.2, -0.15) is 0 Å². The van der Waals surface area contributed by atoms with Crippen LogP contribution in [0.3, 0.4) is 0 Å². The van der Waals surface area contributed by atoms with Gasteiger partial charge in [-0.15, -0.1) is 16.4 Å². The molecule has 0 atom stereocenters. The van der Waals surface area contributed by atoms with E-state index in [4.69, 9.17) is 16.3 Å². The molecule has 2 aromatic heterocycles. The van der Waals surface area contributed by atoms with E-state index in [0.29, 0.717) is 22.0 Å². The van der Waals surface area contributed by atoms with Crippen molar-refractivity contribution in [2.24, 2.45) is 0 Å². The number of hydrogen-bond donors (Lipinski definition) is 1. The summed E-state index contributed by atoms with van der Waals surface area (Å²) in [4.78, 5) is 12.3. The molecule has 0 fully saturated rings. The number of rotatable bonds is 5. The number of amides is 1. The Kier molecular flexibility index (Phi) is 4.59. The molecule has 0 radical (unpaired) electrons. The first-order chi connectivity index (χ1) is 11.2. The standard InChI is InChI=1S/C15H13ClN4O2S/c1-22-13-5-4-10(16)7-12(13)15(21)17-8-11-9-20(19-18-11)14-3-2-6-23-14/h2-7,9H,8H2,1H3,(H,17,21).